The summed E-state index contributed by atoms with van der Waals surface area (Å²) in [5.41, 5.74) is 1.86. The minimum absolute atomic E-state index is 0.277. The molecule has 0 bridgehead atoms. The number of urea groups is 1. The topological polar surface area (TPSA) is 79.8 Å². The van der Waals surface area contributed by atoms with Crippen molar-refractivity contribution in [1.82, 2.24) is 20.3 Å². The van der Waals surface area contributed by atoms with Crippen molar-refractivity contribution in [3.05, 3.63) is 36.9 Å². The molecular formula is C12H13N5O. The molecule has 0 aliphatic heterocycles. The molecule has 2 rings (SSSR count). The molecule has 2 heterocycles. The van der Waals surface area contributed by atoms with Crippen LogP contribution in [0.2, 0.25) is 0 Å². The van der Waals surface area contributed by atoms with E-state index in [0.717, 1.165) is 11.1 Å². The first-order valence-corrected chi connectivity index (χ1v) is 5.57. The molecule has 2 N–H and O–H groups in total. The van der Waals surface area contributed by atoms with Crippen LogP contribution in [-0.2, 0) is 0 Å². The van der Waals surface area contributed by atoms with E-state index < -0.39 is 0 Å². The van der Waals surface area contributed by atoms with Crippen LogP contribution < -0.4 is 10.6 Å². The van der Waals surface area contributed by atoms with Gasteiger partial charge >= 0.3 is 6.03 Å². The molecule has 2 aromatic rings. The molecule has 2 amide bonds. The quantitative estimate of drug-likeness (QED) is 0.859. The summed E-state index contributed by atoms with van der Waals surface area (Å²) in [5.74, 6) is 0.277. The van der Waals surface area contributed by atoms with Crippen LogP contribution >= 0.6 is 0 Å². The van der Waals surface area contributed by atoms with Gasteiger partial charge in [0.05, 0.1) is 0 Å². The molecule has 0 radical (unpaired) electrons. The lowest BCUT2D eigenvalue weighted by Crippen LogP contribution is -2.28. The molecule has 0 saturated carbocycles. The van der Waals surface area contributed by atoms with Gasteiger partial charge in [-0.15, -0.1) is 0 Å². The second kappa shape index (κ2) is 5.72. The standard InChI is InChI=1S/C12H13N5O/c1-2-14-12(18)17-11-15-7-10(8-16-11)9-3-5-13-6-4-9/h3-8H,2H2,1H3,(H2,14,15,16,17,18). The number of hydrogen-bond donors (Lipinski definition) is 2. The van der Waals surface area contributed by atoms with Crippen LogP contribution in [0, 0.1) is 0 Å². The monoisotopic (exact) mass is 243 g/mol. The number of carbonyl (C=O) groups is 1. The van der Waals surface area contributed by atoms with E-state index in [2.05, 4.69) is 25.6 Å². The maximum absolute atomic E-state index is 11.3. The van der Waals surface area contributed by atoms with Crippen LogP contribution in [-0.4, -0.2) is 27.5 Å². The summed E-state index contributed by atoms with van der Waals surface area (Å²) in [6, 6.07) is 3.43. The highest BCUT2D eigenvalue weighted by Crippen LogP contribution is 2.16. The number of nitrogens with one attached hydrogen (secondary N) is 2. The Morgan fingerprint density at radius 2 is 1.83 bits per heavy atom. The Hall–Kier alpha value is -2.50. The lowest BCUT2D eigenvalue weighted by atomic mass is 10.1. The molecule has 0 spiro atoms. The molecular weight excluding hydrogens is 230 g/mol. The minimum atomic E-state index is -0.311. The lowest BCUT2D eigenvalue weighted by Gasteiger charge is -2.05. The SMILES string of the molecule is CCNC(=O)Nc1ncc(-c2ccncc2)cn1. The summed E-state index contributed by atoms with van der Waals surface area (Å²) in [6.45, 7) is 2.40. The number of aromatic nitrogens is 3. The van der Waals surface area contributed by atoms with Crippen molar-refractivity contribution in [3.8, 4) is 11.1 Å². The Balaban J connectivity index is 2.09. The van der Waals surface area contributed by atoms with E-state index in [1.165, 1.54) is 0 Å². The number of hydrogen-bond acceptors (Lipinski definition) is 4. The second-order valence-corrected chi connectivity index (χ2v) is 3.52. The third kappa shape index (κ3) is 3.00. The predicted octanol–water partition coefficient (Wildman–Crippen LogP) is 1.68. The van der Waals surface area contributed by atoms with E-state index in [9.17, 15) is 4.79 Å². The Labute approximate surface area is 105 Å². The first-order valence-electron chi connectivity index (χ1n) is 5.57. The zero-order valence-electron chi connectivity index (χ0n) is 9.92. The van der Waals surface area contributed by atoms with Crippen molar-refractivity contribution in [2.75, 3.05) is 11.9 Å². The fraction of sp³-hybridized carbons (Fsp3) is 0.167. The molecule has 18 heavy (non-hydrogen) atoms. The van der Waals surface area contributed by atoms with Gasteiger partial charge in [0.1, 0.15) is 0 Å². The average Bonchev–Trinajstić information content (AvgIpc) is 2.41. The molecule has 92 valence electrons. The first-order chi connectivity index (χ1) is 8.79. The van der Waals surface area contributed by atoms with Gasteiger partial charge in [-0.1, -0.05) is 0 Å². The smallest absolute Gasteiger partial charge is 0.321 e. The van der Waals surface area contributed by atoms with E-state index in [-0.39, 0.29) is 12.0 Å². The normalized spacial score (nSPS) is 9.83. The highest BCUT2D eigenvalue weighted by Gasteiger charge is 2.03. The molecule has 2 aromatic heterocycles. The third-order valence-electron chi connectivity index (χ3n) is 2.23. The zero-order valence-corrected chi connectivity index (χ0v) is 9.92. The number of pyridine rings is 1. The fourth-order valence-electron chi connectivity index (χ4n) is 1.39. The number of amides is 2. The van der Waals surface area contributed by atoms with Crippen molar-refractivity contribution in [2.24, 2.45) is 0 Å². The van der Waals surface area contributed by atoms with E-state index in [4.69, 9.17) is 0 Å². The molecule has 0 unspecified atom stereocenters. The van der Waals surface area contributed by atoms with Gasteiger partial charge in [-0.3, -0.25) is 10.3 Å². The summed E-state index contributed by atoms with van der Waals surface area (Å²) in [5, 5.41) is 5.14. The van der Waals surface area contributed by atoms with Crippen molar-refractivity contribution >= 4 is 12.0 Å². The predicted molar refractivity (Wildman–Crippen MR) is 68.0 cm³/mol. The summed E-state index contributed by atoms with van der Waals surface area (Å²) in [4.78, 5) is 23.3. The molecule has 0 aromatic carbocycles. The van der Waals surface area contributed by atoms with Gasteiger partial charge in [0.25, 0.3) is 0 Å². The Bertz CT molecular complexity index is 512. The van der Waals surface area contributed by atoms with E-state index in [1.807, 2.05) is 19.1 Å². The van der Waals surface area contributed by atoms with Gasteiger partial charge < -0.3 is 5.32 Å². The van der Waals surface area contributed by atoms with Crippen LogP contribution in [0.25, 0.3) is 11.1 Å². The highest BCUT2D eigenvalue weighted by molar-refractivity contribution is 5.87. The van der Waals surface area contributed by atoms with Gasteiger partial charge in [0.2, 0.25) is 5.95 Å². The van der Waals surface area contributed by atoms with E-state index in [0.29, 0.717) is 6.54 Å². The van der Waals surface area contributed by atoms with Gasteiger partial charge in [-0.2, -0.15) is 0 Å². The zero-order chi connectivity index (χ0) is 12.8. The highest BCUT2D eigenvalue weighted by atomic mass is 16.2. The maximum Gasteiger partial charge on any atom is 0.321 e. The fourth-order valence-corrected chi connectivity index (χ4v) is 1.39. The van der Waals surface area contributed by atoms with Crippen molar-refractivity contribution in [1.29, 1.82) is 0 Å². The number of rotatable bonds is 3. The first kappa shape index (κ1) is 12.0. The van der Waals surface area contributed by atoms with E-state index >= 15 is 0 Å². The van der Waals surface area contributed by atoms with Gasteiger partial charge in [-0.05, 0) is 24.6 Å². The van der Waals surface area contributed by atoms with Crippen LogP contribution in [0.15, 0.2) is 36.9 Å². The van der Waals surface area contributed by atoms with Gasteiger partial charge in [0.15, 0.2) is 0 Å². The summed E-state index contributed by atoms with van der Waals surface area (Å²) in [6.07, 6.45) is 6.72. The lowest BCUT2D eigenvalue weighted by molar-refractivity contribution is 0.252. The maximum atomic E-state index is 11.3. The van der Waals surface area contributed by atoms with Crippen molar-refractivity contribution in [2.45, 2.75) is 6.92 Å². The van der Waals surface area contributed by atoms with Crippen LogP contribution in [0.5, 0.6) is 0 Å². The summed E-state index contributed by atoms with van der Waals surface area (Å²) in [7, 11) is 0. The molecule has 6 heteroatoms. The van der Waals surface area contributed by atoms with E-state index in [1.54, 1.807) is 24.8 Å². The van der Waals surface area contributed by atoms with Crippen molar-refractivity contribution in [3.63, 3.8) is 0 Å². The largest absolute Gasteiger partial charge is 0.338 e. The second-order valence-electron chi connectivity index (χ2n) is 3.52. The van der Waals surface area contributed by atoms with Gasteiger partial charge in [-0.25, -0.2) is 14.8 Å². The van der Waals surface area contributed by atoms with Crippen LogP contribution in [0.1, 0.15) is 6.92 Å². The Morgan fingerprint density at radius 1 is 1.17 bits per heavy atom. The number of anilines is 1. The molecule has 0 aliphatic rings. The summed E-state index contributed by atoms with van der Waals surface area (Å²) >= 11 is 0. The van der Waals surface area contributed by atoms with Crippen LogP contribution in [0.4, 0.5) is 10.7 Å². The molecule has 6 nitrogen and oxygen atoms in total. The third-order valence-corrected chi connectivity index (χ3v) is 2.23. The number of carbonyl (C=O) groups excluding carboxylic acids is 1. The van der Waals surface area contributed by atoms with Gasteiger partial charge in [0, 0.05) is 36.9 Å². The minimum Gasteiger partial charge on any atom is -0.338 e. The summed E-state index contributed by atoms with van der Waals surface area (Å²) < 4.78 is 0. The molecule has 0 saturated heterocycles. The Morgan fingerprint density at radius 3 is 2.44 bits per heavy atom. The molecule has 0 aliphatic carbocycles. The molecule has 0 fully saturated rings. The Kier molecular flexibility index (Phi) is 3.80. The van der Waals surface area contributed by atoms with Crippen molar-refractivity contribution < 1.29 is 4.79 Å². The van der Waals surface area contributed by atoms with Crippen LogP contribution in [0.3, 0.4) is 0 Å². The average molecular weight is 243 g/mol. The number of nitrogens with zero attached hydrogens (tertiary/aromatic N) is 3. The molecule has 0 atom stereocenters.